The van der Waals surface area contributed by atoms with Crippen molar-refractivity contribution in [3.05, 3.63) is 10.6 Å². The van der Waals surface area contributed by atoms with E-state index in [9.17, 15) is 0 Å². The lowest BCUT2D eigenvalue weighted by Gasteiger charge is -2.30. The van der Waals surface area contributed by atoms with E-state index in [1.165, 1.54) is 31.2 Å². The Labute approximate surface area is 102 Å². The van der Waals surface area contributed by atoms with Crippen molar-refractivity contribution < 1.29 is 4.74 Å². The lowest BCUT2D eigenvalue weighted by atomic mass is 9.80. The number of ether oxygens (including phenoxy) is 1. The van der Waals surface area contributed by atoms with Crippen LogP contribution in [-0.2, 0) is 4.74 Å². The number of halogens is 2. The number of hydrogen-bond acceptors (Lipinski definition) is 2. The molecule has 2 unspecified atom stereocenters. The molecule has 0 heterocycles. The normalized spacial score (nSPS) is 28.1. The molecule has 1 rings (SSSR count). The first-order valence-electron chi connectivity index (χ1n) is 5.50. The zero-order valence-electron chi connectivity index (χ0n) is 8.92. The Kier molecular flexibility index (Phi) is 6.66. The standard InChI is InChI=1S/C11H19Cl2NO/c12-5-11(13)8-15-7-10-4-2-1-3-9(10)6-14/h5,9-10H,1-4,6-8,14H2. The van der Waals surface area contributed by atoms with Gasteiger partial charge in [-0.2, -0.15) is 0 Å². The molecule has 0 amide bonds. The molecule has 2 N–H and O–H groups in total. The lowest BCUT2D eigenvalue weighted by Crippen LogP contribution is -2.30. The van der Waals surface area contributed by atoms with E-state index in [1.807, 2.05) is 0 Å². The molecule has 4 heteroatoms. The minimum atomic E-state index is 0.416. The van der Waals surface area contributed by atoms with Crippen LogP contribution in [-0.4, -0.2) is 19.8 Å². The average Bonchev–Trinajstić information content (AvgIpc) is 2.29. The van der Waals surface area contributed by atoms with E-state index in [4.69, 9.17) is 33.7 Å². The summed E-state index contributed by atoms with van der Waals surface area (Å²) in [6, 6.07) is 0. The molecule has 0 aromatic heterocycles. The molecule has 0 aliphatic heterocycles. The van der Waals surface area contributed by atoms with Crippen LogP contribution in [0, 0.1) is 11.8 Å². The number of nitrogens with two attached hydrogens (primary N) is 1. The molecule has 2 nitrogen and oxygen atoms in total. The molecule has 0 aromatic carbocycles. The lowest BCUT2D eigenvalue weighted by molar-refractivity contribution is 0.0759. The fourth-order valence-corrected chi connectivity index (χ4v) is 2.29. The van der Waals surface area contributed by atoms with Crippen LogP contribution in [0.3, 0.4) is 0 Å². The van der Waals surface area contributed by atoms with Gasteiger partial charge in [-0.05, 0) is 31.2 Å². The van der Waals surface area contributed by atoms with Gasteiger partial charge in [-0.1, -0.05) is 36.0 Å². The summed E-state index contributed by atoms with van der Waals surface area (Å²) in [4.78, 5) is 0. The molecule has 1 aliphatic rings. The summed E-state index contributed by atoms with van der Waals surface area (Å²) >= 11 is 11.2. The van der Waals surface area contributed by atoms with Gasteiger partial charge in [0.1, 0.15) is 0 Å². The summed E-state index contributed by atoms with van der Waals surface area (Å²) in [6.07, 6.45) is 5.07. The fourth-order valence-electron chi connectivity index (χ4n) is 2.15. The van der Waals surface area contributed by atoms with Crippen LogP contribution in [0.25, 0.3) is 0 Å². The van der Waals surface area contributed by atoms with Gasteiger partial charge >= 0.3 is 0 Å². The minimum Gasteiger partial charge on any atom is -0.376 e. The Hall–Kier alpha value is 0.240. The summed E-state index contributed by atoms with van der Waals surface area (Å²) in [5.74, 6) is 1.22. The quantitative estimate of drug-likeness (QED) is 0.816. The summed E-state index contributed by atoms with van der Waals surface area (Å²) in [6.45, 7) is 1.94. The van der Waals surface area contributed by atoms with Gasteiger partial charge in [-0.25, -0.2) is 0 Å². The molecule has 0 bridgehead atoms. The van der Waals surface area contributed by atoms with Gasteiger partial charge in [-0.15, -0.1) is 0 Å². The van der Waals surface area contributed by atoms with Gasteiger partial charge in [0.25, 0.3) is 0 Å². The van der Waals surface area contributed by atoms with E-state index in [1.54, 1.807) is 0 Å². The van der Waals surface area contributed by atoms with Crippen molar-refractivity contribution in [3.8, 4) is 0 Å². The third-order valence-electron chi connectivity index (χ3n) is 3.06. The summed E-state index contributed by atoms with van der Waals surface area (Å²) in [7, 11) is 0. The van der Waals surface area contributed by atoms with Crippen molar-refractivity contribution in [1.29, 1.82) is 0 Å². The SMILES string of the molecule is NCC1CCCCC1COCC(Cl)=CCl. The van der Waals surface area contributed by atoms with Gasteiger partial charge in [0.05, 0.1) is 18.2 Å². The monoisotopic (exact) mass is 251 g/mol. The number of hydrogen-bond donors (Lipinski definition) is 1. The van der Waals surface area contributed by atoms with Crippen molar-refractivity contribution in [2.45, 2.75) is 25.7 Å². The maximum absolute atomic E-state index is 5.74. The molecule has 15 heavy (non-hydrogen) atoms. The second kappa shape index (κ2) is 7.50. The van der Waals surface area contributed by atoms with Crippen molar-refractivity contribution in [3.63, 3.8) is 0 Å². The van der Waals surface area contributed by atoms with Crippen molar-refractivity contribution in [1.82, 2.24) is 0 Å². The highest BCUT2D eigenvalue weighted by Gasteiger charge is 2.23. The zero-order valence-corrected chi connectivity index (χ0v) is 10.4. The molecular formula is C11H19Cl2NO. The molecular weight excluding hydrogens is 233 g/mol. The Morgan fingerprint density at radius 1 is 1.33 bits per heavy atom. The highest BCUT2D eigenvalue weighted by atomic mass is 35.5. The fraction of sp³-hybridized carbons (Fsp3) is 0.818. The van der Waals surface area contributed by atoms with Gasteiger partial charge < -0.3 is 10.5 Å². The predicted molar refractivity (Wildman–Crippen MR) is 65.1 cm³/mol. The summed E-state index contributed by atoms with van der Waals surface area (Å²) in [5, 5.41) is 0.553. The summed E-state index contributed by atoms with van der Waals surface area (Å²) < 4.78 is 5.52. The number of rotatable bonds is 5. The smallest absolute Gasteiger partial charge is 0.0832 e. The van der Waals surface area contributed by atoms with E-state index in [-0.39, 0.29) is 0 Å². The van der Waals surface area contributed by atoms with E-state index in [0.29, 0.717) is 23.5 Å². The average molecular weight is 252 g/mol. The highest BCUT2D eigenvalue weighted by molar-refractivity contribution is 6.36. The second-order valence-electron chi connectivity index (χ2n) is 4.11. The maximum atomic E-state index is 5.74. The highest BCUT2D eigenvalue weighted by Crippen LogP contribution is 2.29. The third-order valence-corrected chi connectivity index (χ3v) is 3.65. The van der Waals surface area contributed by atoms with Crippen LogP contribution in [0.1, 0.15) is 25.7 Å². The molecule has 2 atom stereocenters. The van der Waals surface area contributed by atoms with Crippen molar-refractivity contribution in [2.24, 2.45) is 17.6 Å². The van der Waals surface area contributed by atoms with E-state index < -0.39 is 0 Å². The molecule has 88 valence electrons. The largest absolute Gasteiger partial charge is 0.376 e. The Morgan fingerprint density at radius 3 is 2.60 bits per heavy atom. The molecule has 1 aliphatic carbocycles. The Morgan fingerprint density at radius 2 is 2.00 bits per heavy atom. The Bertz CT molecular complexity index is 209. The topological polar surface area (TPSA) is 35.2 Å². The zero-order chi connectivity index (χ0) is 11.1. The molecule has 1 saturated carbocycles. The van der Waals surface area contributed by atoms with E-state index in [2.05, 4.69) is 0 Å². The first-order valence-corrected chi connectivity index (χ1v) is 6.32. The first kappa shape index (κ1) is 13.3. The van der Waals surface area contributed by atoms with Crippen LogP contribution in [0.15, 0.2) is 10.6 Å². The first-order chi connectivity index (χ1) is 7.27. The summed E-state index contributed by atoms with van der Waals surface area (Å²) in [5.41, 5.74) is 7.09. The van der Waals surface area contributed by atoms with Gasteiger partial charge in [0, 0.05) is 5.54 Å². The van der Waals surface area contributed by atoms with Crippen LogP contribution in [0.2, 0.25) is 0 Å². The maximum Gasteiger partial charge on any atom is 0.0832 e. The molecule has 0 aromatic rings. The molecule has 0 saturated heterocycles. The van der Waals surface area contributed by atoms with Crippen LogP contribution in [0.5, 0.6) is 0 Å². The van der Waals surface area contributed by atoms with Crippen molar-refractivity contribution >= 4 is 23.2 Å². The van der Waals surface area contributed by atoms with Crippen LogP contribution < -0.4 is 5.73 Å². The van der Waals surface area contributed by atoms with Gasteiger partial charge in [0.2, 0.25) is 0 Å². The third kappa shape index (κ3) is 4.73. The molecule has 0 radical (unpaired) electrons. The molecule has 0 spiro atoms. The molecule has 1 fully saturated rings. The predicted octanol–water partition coefficient (Wildman–Crippen LogP) is 3.09. The van der Waals surface area contributed by atoms with Gasteiger partial charge in [-0.3, -0.25) is 0 Å². The minimum absolute atomic E-state index is 0.416. The Balaban J connectivity index is 2.23. The second-order valence-corrected chi connectivity index (χ2v) is 4.82. The van der Waals surface area contributed by atoms with Crippen LogP contribution in [0.4, 0.5) is 0 Å². The van der Waals surface area contributed by atoms with E-state index >= 15 is 0 Å². The van der Waals surface area contributed by atoms with Crippen LogP contribution >= 0.6 is 23.2 Å². The van der Waals surface area contributed by atoms with E-state index in [0.717, 1.165) is 13.2 Å². The van der Waals surface area contributed by atoms with Gasteiger partial charge in [0.15, 0.2) is 0 Å². The van der Waals surface area contributed by atoms with Crippen molar-refractivity contribution in [2.75, 3.05) is 19.8 Å².